The van der Waals surface area contributed by atoms with Crippen molar-refractivity contribution in [2.24, 2.45) is 4.99 Å². The number of nitrogens with zero attached hydrogens (tertiary/aromatic N) is 4. The number of carbonyl (C=O) groups is 1. The van der Waals surface area contributed by atoms with Gasteiger partial charge < -0.3 is 10.6 Å². The number of benzene rings is 2. The number of rotatable bonds is 4. The molecule has 3 aromatic rings. The normalized spacial score (nSPS) is 11.1. The Hall–Kier alpha value is -3.83. The number of nitro groups is 1. The Balaban J connectivity index is 1.90. The Morgan fingerprint density at radius 1 is 1.00 bits per heavy atom. The van der Waals surface area contributed by atoms with Crippen LogP contribution in [0.3, 0.4) is 0 Å². The Kier molecular flexibility index (Phi) is 7.36. The van der Waals surface area contributed by atoms with Crippen molar-refractivity contribution in [1.82, 2.24) is 15.3 Å². The van der Waals surface area contributed by atoms with Crippen molar-refractivity contribution in [3.8, 4) is 0 Å². The second-order valence-electron chi connectivity index (χ2n) is 6.67. The monoisotopic (exact) mass is 491 g/mol. The number of amides is 2. The molecule has 2 aromatic carbocycles. The summed E-state index contributed by atoms with van der Waals surface area (Å²) >= 11 is 11.8. The first-order valence-corrected chi connectivity index (χ1v) is 10.0. The molecule has 170 valence electrons. The van der Waals surface area contributed by atoms with Crippen LogP contribution in [0.25, 0.3) is 0 Å². The van der Waals surface area contributed by atoms with Gasteiger partial charge in [0.05, 0.1) is 15.0 Å². The highest BCUT2D eigenvalue weighted by Crippen LogP contribution is 2.25. The summed E-state index contributed by atoms with van der Waals surface area (Å²) in [5.74, 6) is -1.15. The third-order valence-electron chi connectivity index (χ3n) is 4.00. The molecule has 1 heterocycles. The number of guanidine groups is 1. The smallest absolute Gasteiger partial charge is 0.325 e. The van der Waals surface area contributed by atoms with Gasteiger partial charge in [-0.05, 0) is 50.2 Å². The fourth-order valence-corrected chi connectivity index (χ4v) is 2.95. The number of nitrogens with one attached hydrogen (secondary N) is 3. The molecule has 0 fully saturated rings. The van der Waals surface area contributed by atoms with Crippen molar-refractivity contribution in [1.29, 1.82) is 0 Å². The number of aryl methyl sites for hydroxylation is 2. The van der Waals surface area contributed by atoms with E-state index in [1.807, 2.05) is 0 Å². The Bertz CT molecular complexity index is 1250. The van der Waals surface area contributed by atoms with Crippen molar-refractivity contribution in [3.05, 3.63) is 79.8 Å². The zero-order valence-corrected chi connectivity index (χ0v) is 18.7. The number of hydrogen-bond donors (Lipinski definition) is 3. The summed E-state index contributed by atoms with van der Waals surface area (Å²) in [6.45, 7) is 3.49. The molecule has 33 heavy (non-hydrogen) atoms. The van der Waals surface area contributed by atoms with Crippen molar-refractivity contribution in [2.45, 2.75) is 13.8 Å². The molecule has 3 N–H and O–H groups in total. The number of urea groups is 1. The molecule has 0 aliphatic carbocycles. The molecule has 1 aromatic heterocycles. The van der Waals surface area contributed by atoms with E-state index < -0.39 is 22.5 Å². The Morgan fingerprint density at radius 2 is 1.64 bits per heavy atom. The van der Waals surface area contributed by atoms with Crippen LogP contribution in [0.4, 0.5) is 32.2 Å². The number of nitro benzene ring substituents is 1. The molecule has 0 aliphatic rings. The van der Waals surface area contributed by atoms with Crippen LogP contribution in [0.2, 0.25) is 10.0 Å². The molecule has 0 atom stereocenters. The fraction of sp³-hybridized carbons (Fsp3) is 0.100. The summed E-state index contributed by atoms with van der Waals surface area (Å²) in [5, 5.41) is 19.3. The molecule has 0 spiro atoms. The number of aromatic nitrogens is 2. The lowest BCUT2D eigenvalue weighted by Gasteiger charge is -2.13. The van der Waals surface area contributed by atoms with E-state index >= 15 is 0 Å². The zero-order chi connectivity index (χ0) is 24.1. The van der Waals surface area contributed by atoms with Crippen LogP contribution < -0.4 is 16.0 Å². The highest BCUT2D eigenvalue weighted by molar-refractivity contribution is 6.42. The first kappa shape index (κ1) is 23.8. The van der Waals surface area contributed by atoms with Gasteiger partial charge in [0.25, 0.3) is 5.95 Å². The van der Waals surface area contributed by atoms with Gasteiger partial charge in [-0.15, -0.1) is 0 Å². The van der Waals surface area contributed by atoms with E-state index in [1.165, 1.54) is 24.3 Å². The molecule has 0 unspecified atom stereocenters. The molecule has 0 aliphatic heterocycles. The van der Waals surface area contributed by atoms with Gasteiger partial charge in [0, 0.05) is 28.8 Å². The molecule has 0 bridgehead atoms. The molecule has 0 saturated carbocycles. The molecule has 2 amide bonds. The average molecular weight is 492 g/mol. The van der Waals surface area contributed by atoms with Crippen molar-refractivity contribution in [3.63, 3.8) is 0 Å². The van der Waals surface area contributed by atoms with Crippen LogP contribution in [0, 0.1) is 29.8 Å². The van der Waals surface area contributed by atoms with Crippen molar-refractivity contribution < 1.29 is 14.1 Å². The molecule has 10 nitrogen and oxygen atoms in total. The lowest BCUT2D eigenvalue weighted by molar-refractivity contribution is -0.387. The van der Waals surface area contributed by atoms with E-state index in [-0.39, 0.29) is 22.6 Å². The van der Waals surface area contributed by atoms with Crippen LogP contribution in [-0.2, 0) is 0 Å². The van der Waals surface area contributed by atoms with E-state index in [2.05, 4.69) is 30.9 Å². The van der Waals surface area contributed by atoms with Gasteiger partial charge in [-0.2, -0.15) is 9.38 Å². The standard InChI is InChI=1S/C20H16Cl2FN7O3/c1-10-7-11(2)25-18(24-10)28-19(26-13-4-6-16(23)17(9-13)30(32)33)29-20(31)27-12-3-5-14(21)15(22)8-12/h3-9H,1-2H3,(H3,24,25,26,27,28,29,31). The predicted octanol–water partition coefficient (Wildman–Crippen LogP) is 5.37. The van der Waals surface area contributed by atoms with Crippen LogP contribution >= 0.6 is 23.2 Å². The van der Waals surface area contributed by atoms with Crippen LogP contribution in [0.5, 0.6) is 0 Å². The van der Waals surface area contributed by atoms with Crippen molar-refractivity contribution in [2.75, 3.05) is 10.6 Å². The molecular formula is C20H16Cl2FN7O3. The Labute approximate surface area is 197 Å². The number of carbonyl (C=O) groups excluding carboxylic acids is 1. The maximum atomic E-state index is 13.7. The summed E-state index contributed by atoms with van der Waals surface area (Å²) in [6, 6.07) is 8.64. The Morgan fingerprint density at radius 3 is 2.27 bits per heavy atom. The first-order valence-electron chi connectivity index (χ1n) is 9.25. The van der Waals surface area contributed by atoms with Gasteiger partial charge in [-0.25, -0.2) is 14.8 Å². The largest absolute Gasteiger partial charge is 0.326 e. The molecule has 3 rings (SSSR count). The molecule has 0 radical (unpaired) electrons. The lowest BCUT2D eigenvalue weighted by atomic mass is 10.2. The third kappa shape index (κ3) is 6.57. The average Bonchev–Trinajstić information content (AvgIpc) is 2.71. The molecule has 0 saturated heterocycles. The van der Waals surface area contributed by atoms with E-state index in [0.29, 0.717) is 22.1 Å². The van der Waals surface area contributed by atoms with Gasteiger partial charge in [-0.1, -0.05) is 23.2 Å². The minimum Gasteiger partial charge on any atom is -0.325 e. The SMILES string of the molecule is Cc1cc(C)nc(/N=C(/NC(=O)Nc2ccc(Cl)c(Cl)c2)Nc2ccc(F)c([N+](=O)[O-])c2)n1. The van der Waals surface area contributed by atoms with E-state index in [9.17, 15) is 19.3 Å². The van der Waals surface area contributed by atoms with Gasteiger partial charge >= 0.3 is 11.7 Å². The van der Waals surface area contributed by atoms with E-state index in [1.54, 1.807) is 19.9 Å². The van der Waals surface area contributed by atoms with Crippen molar-refractivity contribution >= 4 is 58.2 Å². The number of halogens is 3. The van der Waals surface area contributed by atoms with Gasteiger partial charge in [-0.3, -0.25) is 15.4 Å². The fourth-order valence-electron chi connectivity index (χ4n) is 2.66. The second kappa shape index (κ2) is 10.2. The summed E-state index contributed by atoms with van der Waals surface area (Å²) < 4.78 is 13.7. The minimum absolute atomic E-state index is 0.0291. The second-order valence-corrected chi connectivity index (χ2v) is 7.48. The number of anilines is 2. The lowest BCUT2D eigenvalue weighted by Crippen LogP contribution is -2.38. The highest BCUT2D eigenvalue weighted by atomic mass is 35.5. The van der Waals surface area contributed by atoms with E-state index in [4.69, 9.17) is 23.2 Å². The summed E-state index contributed by atoms with van der Waals surface area (Å²) in [6.07, 6.45) is 0. The maximum Gasteiger partial charge on any atom is 0.326 e. The number of aliphatic imine (C=N–C) groups is 1. The first-order chi connectivity index (χ1) is 15.6. The zero-order valence-electron chi connectivity index (χ0n) is 17.2. The van der Waals surface area contributed by atoms with E-state index in [0.717, 1.165) is 12.1 Å². The van der Waals surface area contributed by atoms with Gasteiger partial charge in [0.1, 0.15) is 0 Å². The van der Waals surface area contributed by atoms with Crippen LogP contribution in [-0.4, -0.2) is 26.9 Å². The quantitative estimate of drug-likeness (QED) is 0.194. The van der Waals surface area contributed by atoms with Crippen LogP contribution in [0.1, 0.15) is 11.4 Å². The topological polar surface area (TPSA) is 134 Å². The van der Waals surface area contributed by atoms with Crippen LogP contribution in [0.15, 0.2) is 47.5 Å². The summed E-state index contributed by atoms with van der Waals surface area (Å²) in [7, 11) is 0. The minimum atomic E-state index is -1.01. The maximum absolute atomic E-state index is 13.7. The van der Waals surface area contributed by atoms with Gasteiger partial charge in [0.2, 0.25) is 11.8 Å². The highest BCUT2D eigenvalue weighted by Gasteiger charge is 2.16. The summed E-state index contributed by atoms with van der Waals surface area (Å²) in [4.78, 5) is 35.3. The third-order valence-corrected chi connectivity index (χ3v) is 4.74. The predicted molar refractivity (Wildman–Crippen MR) is 124 cm³/mol. The molecular weight excluding hydrogens is 476 g/mol. The summed E-state index contributed by atoms with van der Waals surface area (Å²) in [5.41, 5.74) is 0.973. The van der Waals surface area contributed by atoms with Gasteiger partial charge in [0.15, 0.2) is 0 Å². The molecule has 13 heteroatoms. The number of hydrogen-bond acceptors (Lipinski definition) is 6.